The second-order valence-corrected chi connectivity index (χ2v) is 10.4. The average Bonchev–Trinajstić information content (AvgIpc) is 3.50. The van der Waals surface area contributed by atoms with Crippen molar-refractivity contribution in [3.63, 3.8) is 0 Å². The first-order chi connectivity index (χ1) is 16.7. The van der Waals surface area contributed by atoms with Crippen LogP contribution in [0.25, 0.3) is 59.8 Å². The largest absolute Gasteiger partial charge is 0.308 e. The van der Waals surface area contributed by atoms with Gasteiger partial charge in [-0.2, -0.15) is 0 Å². The Morgan fingerprint density at radius 1 is 0.735 bits per heavy atom. The number of aryl methyl sites for hydroxylation is 2. The van der Waals surface area contributed by atoms with E-state index in [-0.39, 0.29) is 0 Å². The maximum absolute atomic E-state index is 4.97. The quantitative estimate of drug-likeness (QED) is 0.185. The van der Waals surface area contributed by atoms with Crippen LogP contribution in [0.1, 0.15) is 48.3 Å². The molecule has 1 fully saturated rings. The van der Waals surface area contributed by atoms with E-state index in [2.05, 4.69) is 78.9 Å². The van der Waals surface area contributed by atoms with Crippen molar-refractivity contribution in [3.05, 3.63) is 83.6 Å². The topological polar surface area (TPSA) is 17.3 Å². The third-order valence-electron chi connectivity index (χ3n) is 8.51. The van der Waals surface area contributed by atoms with E-state index in [1.54, 1.807) is 0 Å². The molecule has 3 heterocycles. The summed E-state index contributed by atoms with van der Waals surface area (Å²) in [4.78, 5) is 4.97. The van der Waals surface area contributed by atoms with E-state index >= 15 is 0 Å². The summed E-state index contributed by atoms with van der Waals surface area (Å²) < 4.78 is 2.57. The van der Waals surface area contributed by atoms with E-state index < -0.39 is 0 Å². The standard InChI is InChI=1S/C32H26N2/c1-18-7-10-24-19(2)31-27(16-23(24)15-18)30-29-21(13-14-33-30)8-12-26-25-11-9-22(20-5-3-4-6-20)17-28(25)34(31)32(26)29/h7-17,20H,3-6H2,1-2H3. The normalized spacial score (nSPS) is 15.4. The molecule has 1 aliphatic rings. The average molecular weight is 439 g/mol. The Bertz CT molecular complexity index is 1930. The number of nitrogens with zero attached hydrogens (tertiary/aromatic N) is 2. The van der Waals surface area contributed by atoms with Crippen molar-refractivity contribution in [3.8, 4) is 0 Å². The highest BCUT2D eigenvalue weighted by molar-refractivity contribution is 6.28. The molecule has 7 aromatic rings. The number of aromatic nitrogens is 2. The molecule has 2 nitrogen and oxygen atoms in total. The van der Waals surface area contributed by atoms with Gasteiger partial charge in [0.25, 0.3) is 0 Å². The second-order valence-electron chi connectivity index (χ2n) is 10.4. The molecule has 0 spiro atoms. The molecule has 4 aromatic carbocycles. The Hall–Kier alpha value is -3.65. The van der Waals surface area contributed by atoms with Crippen LogP contribution in [0.2, 0.25) is 0 Å². The molecular formula is C32H26N2. The highest BCUT2D eigenvalue weighted by Gasteiger charge is 2.23. The molecule has 164 valence electrons. The van der Waals surface area contributed by atoms with Gasteiger partial charge in [0.1, 0.15) is 0 Å². The molecule has 0 unspecified atom stereocenters. The number of hydrogen-bond acceptors (Lipinski definition) is 1. The monoisotopic (exact) mass is 438 g/mol. The van der Waals surface area contributed by atoms with E-state index in [0.29, 0.717) is 5.92 Å². The van der Waals surface area contributed by atoms with Gasteiger partial charge in [0.2, 0.25) is 0 Å². The van der Waals surface area contributed by atoms with E-state index in [1.165, 1.54) is 96.6 Å². The summed E-state index contributed by atoms with van der Waals surface area (Å²) >= 11 is 0. The first-order valence-corrected chi connectivity index (χ1v) is 12.6. The van der Waals surface area contributed by atoms with Gasteiger partial charge in [0.05, 0.1) is 22.1 Å². The van der Waals surface area contributed by atoms with Crippen molar-refractivity contribution < 1.29 is 0 Å². The summed E-state index contributed by atoms with van der Waals surface area (Å²) in [5, 5.41) is 9.13. The van der Waals surface area contributed by atoms with Crippen LogP contribution in [-0.2, 0) is 0 Å². The lowest BCUT2D eigenvalue weighted by Gasteiger charge is -2.16. The summed E-state index contributed by atoms with van der Waals surface area (Å²) in [6.45, 7) is 4.47. The Kier molecular flexibility index (Phi) is 3.57. The smallest absolute Gasteiger partial charge is 0.0823 e. The van der Waals surface area contributed by atoms with Crippen molar-refractivity contribution in [2.75, 3.05) is 0 Å². The van der Waals surface area contributed by atoms with Gasteiger partial charge >= 0.3 is 0 Å². The molecule has 0 atom stereocenters. The minimum absolute atomic E-state index is 0.702. The maximum Gasteiger partial charge on any atom is 0.0823 e. The van der Waals surface area contributed by atoms with E-state index in [9.17, 15) is 0 Å². The van der Waals surface area contributed by atoms with E-state index in [0.717, 1.165) is 5.52 Å². The van der Waals surface area contributed by atoms with Gasteiger partial charge in [-0.05, 0) is 78.1 Å². The highest BCUT2D eigenvalue weighted by atomic mass is 14.9. The minimum atomic E-state index is 0.702. The molecule has 8 rings (SSSR count). The molecule has 0 saturated heterocycles. The van der Waals surface area contributed by atoms with Crippen LogP contribution in [0.15, 0.2) is 66.9 Å². The molecule has 0 aliphatic heterocycles. The van der Waals surface area contributed by atoms with E-state index in [1.807, 2.05) is 6.20 Å². The van der Waals surface area contributed by atoms with Gasteiger partial charge < -0.3 is 4.40 Å². The molecular weight excluding hydrogens is 412 g/mol. The predicted molar refractivity (Wildman–Crippen MR) is 145 cm³/mol. The van der Waals surface area contributed by atoms with Gasteiger partial charge in [-0.3, -0.25) is 4.98 Å². The summed E-state index contributed by atoms with van der Waals surface area (Å²) in [7, 11) is 0. The molecule has 3 aromatic heterocycles. The van der Waals surface area contributed by atoms with Crippen molar-refractivity contribution in [2.45, 2.75) is 45.4 Å². The fourth-order valence-electron chi connectivity index (χ4n) is 6.90. The number of pyridine rings is 2. The van der Waals surface area contributed by atoms with Crippen LogP contribution in [0, 0.1) is 13.8 Å². The third-order valence-corrected chi connectivity index (χ3v) is 8.51. The van der Waals surface area contributed by atoms with Gasteiger partial charge in [0, 0.05) is 27.7 Å². The SMILES string of the molecule is Cc1ccc2c(C)c3c(cc2c1)c1nccc2ccc4c5ccc(C6CCCC6)cc5n3c4c21. The number of fused-ring (bicyclic) bond motifs is 7. The van der Waals surface area contributed by atoms with Crippen molar-refractivity contribution in [2.24, 2.45) is 0 Å². The maximum atomic E-state index is 4.97. The number of hydrogen-bond donors (Lipinski definition) is 0. The molecule has 0 N–H and O–H groups in total. The van der Waals surface area contributed by atoms with Crippen LogP contribution in [-0.4, -0.2) is 9.38 Å². The lowest BCUT2D eigenvalue weighted by molar-refractivity contribution is 0.724. The summed E-state index contributed by atoms with van der Waals surface area (Å²) in [6.07, 6.45) is 7.33. The summed E-state index contributed by atoms with van der Waals surface area (Å²) in [6, 6.07) is 23.3. The van der Waals surface area contributed by atoms with Crippen molar-refractivity contribution in [1.29, 1.82) is 0 Å². The van der Waals surface area contributed by atoms with Crippen LogP contribution in [0.5, 0.6) is 0 Å². The second kappa shape index (κ2) is 6.48. The minimum Gasteiger partial charge on any atom is -0.308 e. The summed E-state index contributed by atoms with van der Waals surface area (Å²) in [5.74, 6) is 0.702. The van der Waals surface area contributed by atoms with Gasteiger partial charge in [-0.25, -0.2) is 0 Å². The van der Waals surface area contributed by atoms with Crippen LogP contribution in [0.4, 0.5) is 0 Å². The predicted octanol–water partition coefficient (Wildman–Crippen LogP) is 8.81. The molecule has 0 bridgehead atoms. The molecule has 2 heteroatoms. The van der Waals surface area contributed by atoms with Crippen molar-refractivity contribution >= 4 is 59.8 Å². The zero-order valence-corrected chi connectivity index (χ0v) is 19.7. The molecule has 34 heavy (non-hydrogen) atoms. The Morgan fingerprint density at radius 2 is 1.56 bits per heavy atom. The van der Waals surface area contributed by atoms with Crippen molar-refractivity contribution in [1.82, 2.24) is 9.38 Å². The molecule has 0 radical (unpaired) electrons. The lowest BCUT2D eigenvalue weighted by atomic mass is 9.96. The lowest BCUT2D eigenvalue weighted by Crippen LogP contribution is -1.98. The van der Waals surface area contributed by atoms with Gasteiger partial charge in [-0.1, -0.05) is 60.9 Å². The van der Waals surface area contributed by atoms with Crippen LogP contribution >= 0.6 is 0 Å². The Morgan fingerprint density at radius 3 is 2.44 bits per heavy atom. The summed E-state index contributed by atoms with van der Waals surface area (Å²) in [5.41, 5.74) is 9.23. The fourth-order valence-corrected chi connectivity index (χ4v) is 6.90. The van der Waals surface area contributed by atoms with Crippen LogP contribution in [0.3, 0.4) is 0 Å². The number of benzene rings is 4. The molecule has 0 amide bonds. The third kappa shape index (κ3) is 2.28. The zero-order chi connectivity index (χ0) is 22.6. The van der Waals surface area contributed by atoms with Crippen LogP contribution < -0.4 is 0 Å². The fraction of sp³-hybridized carbons (Fsp3) is 0.219. The first kappa shape index (κ1) is 18.7. The highest BCUT2D eigenvalue weighted by Crippen LogP contribution is 2.44. The first-order valence-electron chi connectivity index (χ1n) is 12.6. The zero-order valence-electron chi connectivity index (χ0n) is 19.7. The molecule has 1 saturated carbocycles. The Labute approximate surface area is 198 Å². The number of rotatable bonds is 1. The molecule has 1 aliphatic carbocycles. The Balaban J connectivity index is 1.67. The van der Waals surface area contributed by atoms with E-state index in [4.69, 9.17) is 4.98 Å². The van der Waals surface area contributed by atoms with Gasteiger partial charge in [0.15, 0.2) is 0 Å². The van der Waals surface area contributed by atoms with Gasteiger partial charge in [-0.15, -0.1) is 0 Å².